The molecule has 182 valence electrons. The lowest BCUT2D eigenvalue weighted by molar-refractivity contribution is -0.121. The summed E-state index contributed by atoms with van der Waals surface area (Å²) in [6, 6.07) is 1.65. The van der Waals surface area contributed by atoms with E-state index < -0.39 is 23.9 Å². The molecule has 4 heterocycles. The minimum atomic E-state index is -3.27. The summed E-state index contributed by atoms with van der Waals surface area (Å²) in [7, 11) is 0. The SMILES string of the molecule is C[C@@H]1CC2OC(C(=O)NCc3ncccn3)=C(C(C)(F)F)C2c2nn(C[C@H]3COCCO3)cc21. The Hall–Kier alpha value is -2.92. The number of amides is 1. The molecule has 1 aliphatic carbocycles. The van der Waals surface area contributed by atoms with Gasteiger partial charge in [-0.25, -0.2) is 18.7 Å². The molecule has 2 aromatic heterocycles. The van der Waals surface area contributed by atoms with Crippen LogP contribution < -0.4 is 5.32 Å². The van der Waals surface area contributed by atoms with Gasteiger partial charge in [0.05, 0.1) is 50.1 Å². The first-order chi connectivity index (χ1) is 16.3. The van der Waals surface area contributed by atoms with Gasteiger partial charge in [0.1, 0.15) is 18.0 Å². The Balaban J connectivity index is 1.44. The molecular formula is C23H27F2N5O4. The minimum Gasteiger partial charge on any atom is -0.483 e. The van der Waals surface area contributed by atoms with Crippen LogP contribution in [0.2, 0.25) is 0 Å². The third-order valence-corrected chi connectivity index (χ3v) is 6.41. The molecule has 2 aromatic rings. The molecule has 0 radical (unpaired) electrons. The summed E-state index contributed by atoms with van der Waals surface area (Å²) < 4.78 is 48.7. The van der Waals surface area contributed by atoms with E-state index in [4.69, 9.17) is 14.2 Å². The first kappa shape index (κ1) is 22.9. The van der Waals surface area contributed by atoms with Crippen molar-refractivity contribution in [1.29, 1.82) is 0 Å². The minimum absolute atomic E-state index is 0.00414. The highest BCUT2D eigenvalue weighted by molar-refractivity contribution is 5.93. The predicted molar refractivity (Wildman–Crippen MR) is 115 cm³/mol. The van der Waals surface area contributed by atoms with Crippen molar-refractivity contribution in [2.75, 3.05) is 19.8 Å². The number of carbonyl (C=O) groups is 1. The van der Waals surface area contributed by atoms with Crippen molar-refractivity contribution < 1.29 is 27.8 Å². The summed E-state index contributed by atoms with van der Waals surface area (Å²) in [4.78, 5) is 21.0. The number of hydrogen-bond donors (Lipinski definition) is 1. The fourth-order valence-corrected chi connectivity index (χ4v) is 4.91. The molecule has 1 fully saturated rings. The number of ether oxygens (including phenoxy) is 3. The molecule has 0 bridgehead atoms. The molecule has 2 unspecified atom stereocenters. The van der Waals surface area contributed by atoms with Crippen molar-refractivity contribution in [3.63, 3.8) is 0 Å². The lowest BCUT2D eigenvalue weighted by atomic mass is 9.76. The Morgan fingerprint density at radius 3 is 2.79 bits per heavy atom. The monoisotopic (exact) mass is 475 g/mol. The number of aromatic nitrogens is 4. The van der Waals surface area contributed by atoms with Crippen LogP contribution in [0.5, 0.6) is 0 Å². The van der Waals surface area contributed by atoms with Crippen molar-refractivity contribution in [2.45, 2.75) is 63.3 Å². The maximum Gasteiger partial charge on any atom is 0.286 e. The number of alkyl halides is 2. The number of nitrogens with zero attached hydrogens (tertiary/aromatic N) is 4. The Morgan fingerprint density at radius 2 is 2.09 bits per heavy atom. The second-order valence-corrected chi connectivity index (χ2v) is 9.01. The summed E-state index contributed by atoms with van der Waals surface area (Å²) in [6.45, 7) is 4.81. The average molecular weight is 475 g/mol. The Kier molecular flexibility index (Phi) is 6.07. The lowest BCUT2D eigenvalue weighted by Gasteiger charge is -2.30. The zero-order chi connectivity index (χ0) is 23.9. The van der Waals surface area contributed by atoms with Crippen LogP contribution in [-0.2, 0) is 32.1 Å². The average Bonchev–Trinajstić information content (AvgIpc) is 3.41. The van der Waals surface area contributed by atoms with Gasteiger partial charge in [-0.05, 0) is 24.0 Å². The van der Waals surface area contributed by atoms with Gasteiger partial charge >= 0.3 is 0 Å². The van der Waals surface area contributed by atoms with E-state index in [0.29, 0.717) is 44.3 Å². The number of carbonyl (C=O) groups excluding carboxylic acids is 1. The third kappa shape index (κ3) is 4.41. The molecule has 0 spiro atoms. The second-order valence-electron chi connectivity index (χ2n) is 9.01. The normalized spacial score (nSPS) is 26.6. The van der Waals surface area contributed by atoms with Gasteiger partial charge < -0.3 is 19.5 Å². The standard InChI is InChI=1S/C23H27F2N5O4/c1-13-8-16-18(20-15(13)11-30(29-20)10-14-12-32-6-7-33-14)19(23(2,24)25)21(34-16)22(31)28-9-17-26-4-3-5-27-17/h3-5,11,13-14,16,18H,6-10,12H2,1-2H3,(H,28,31)/t13-,14+,16?,18?/m1/s1. The van der Waals surface area contributed by atoms with Crippen LogP contribution in [0, 0.1) is 0 Å². The molecule has 2 aliphatic heterocycles. The van der Waals surface area contributed by atoms with Gasteiger partial charge in [0, 0.05) is 25.5 Å². The van der Waals surface area contributed by atoms with Gasteiger partial charge in [-0.3, -0.25) is 9.48 Å². The predicted octanol–water partition coefficient (Wildman–Crippen LogP) is 2.30. The molecule has 34 heavy (non-hydrogen) atoms. The first-order valence-electron chi connectivity index (χ1n) is 11.4. The molecule has 1 N–H and O–H groups in total. The van der Waals surface area contributed by atoms with Crippen LogP contribution in [0.25, 0.3) is 0 Å². The van der Waals surface area contributed by atoms with E-state index in [1.807, 2.05) is 13.1 Å². The van der Waals surface area contributed by atoms with Crippen molar-refractivity contribution in [2.24, 2.45) is 0 Å². The highest BCUT2D eigenvalue weighted by Crippen LogP contribution is 2.52. The van der Waals surface area contributed by atoms with Gasteiger partial charge in [0.25, 0.3) is 11.8 Å². The molecule has 0 saturated carbocycles. The van der Waals surface area contributed by atoms with Gasteiger partial charge in [-0.15, -0.1) is 0 Å². The van der Waals surface area contributed by atoms with Crippen LogP contribution in [0.3, 0.4) is 0 Å². The van der Waals surface area contributed by atoms with Crippen molar-refractivity contribution in [3.05, 3.63) is 53.1 Å². The first-order valence-corrected chi connectivity index (χ1v) is 11.4. The summed E-state index contributed by atoms with van der Waals surface area (Å²) in [5.74, 6) is -4.70. The van der Waals surface area contributed by atoms with E-state index in [1.165, 1.54) is 0 Å². The maximum atomic E-state index is 14.9. The van der Waals surface area contributed by atoms with E-state index in [9.17, 15) is 13.6 Å². The summed E-state index contributed by atoms with van der Waals surface area (Å²) in [5, 5.41) is 7.28. The molecule has 5 rings (SSSR count). The highest BCUT2D eigenvalue weighted by atomic mass is 19.3. The van der Waals surface area contributed by atoms with E-state index in [1.54, 1.807) is 23.1 Å². The smallest absolute Gasteiger partial charge is 0.286 e. The van der Waals surface area contributed by atoms with Crippen molar-refractivity contribution in [3.8, 4) is 0 Å². The highest BCUT2D eigenvalue weighted by Gasteiger charge is 2.53. The fraction of sp³-hybridized carbons (Fsp3) is 0.565. The van der Waals surface area contributed by atoms with Crippen molar-refractivity contribution >= 4 is 5.91 Å². The second kappa shape index (κ2) is 9.03. The van der Waals surface area contributed by atoms with Crippen LogP contribution in [0.1, 0.15) is 49.2 Å². The summed E-state index contributed by atoms with van der Waals surface area (Å²) in [5.41, 5.74) is 1.09. The Morgan fingerprint density at radius 1 is 1.29 bits per heavy atom. The summed E-state index contributed by atoms with van der Waals surface area (Å²) >= 11 is 0. The zero-order valence-electron chi connectivity index (χ0n) is 19.0. The van der Waals surface area contributed by atoms with E-state index in [0.717, 1.165) is 12.5 Å². The molecule has 0 aromatic carbocycles. The third-order valence-electron chi connectivity index (χ3n) is 6.41. The largest absolute Gasteiger partial charge is 0.483 e. The zero-order valence-corrected chi connectivity index (χ0v) is 19.0. The quantitative estimate of drug-likeness (QED) is 0.684. The van der Waals surface area contributed by atoms with E-state index >= 15 is 0 Å². The van der Waals surface area contributed by atoms with Crippen LogP contribution in [0.15, 0.2) is 36.0 Å². The topological polar surface area (TPSA) is 100 Å². The van der Waals surface area contributed by atoms with Gasteiger partial charge in [-0.1, -0.05) is 6.92 Å². The Bertz CT molecular complexity index is 1080. The fourth-order valence-electron chi connectivity index (χ4n) is 4.91. The lowest BCUT2D eigenvalue weighted by Crippen LogP contribution is -2.32. The molecule has 11 heteroatoms. The molecular weight excluding hydrogens is 448 g/mol. The molecule has 3 aliphatic rings. The van der Waals surface area contributed by atoms with Crippen LogP contribution in [-0.4, -0.2) is 63.6 Å². The number of rotatable bonds is 6. The number of fused-ring (bicyclic) bond motifs is 3. The number of nitrogens with one attached hydrogen (secondary N) is 1. The van der Waals surface area contributed by atoms with E-state index in [2.05, 4.69) is 20.4 Å². The molecule has 4 atom stereocenters. The Labute approximate surface area is 195 Å². The van der Waals surface area contributed by atoms with Gasteiger partial charge in [0.2, 0.25) is 0 Å². The van der Waals surface area contributed by atoms with Gasteiger partial charge in [0.15, 0.2) is 5.76 Å². The molecule has 9 nitrogen and oxygen atoms in total. The van der Waals surface area contributed by atoms with E-state index in [-0.39, 0.29) is 29.9 Å². The van der Waals surface area contributed by atoms with Crippen LogP contribution in [0.4, 0.5) is 8.78 Å². The number of hydrogen-bond acceptors (Lipinski definition) is 7. The summed E-state index contributed by atoms with van der Waals surface area (Å²) in [6.07, 6.45) is 4.75. The maximum absolute atomic E-state index is 14.9. The number of halogens is 2. The van der Waals surface area contributed by atoms with Gasteiger partial charge in [-0.2, -0.15) is 5.10 Å². The van der Waals surface area contributed by atoms with Crippen LogP contribution >= 0.6 is 0 Å². The van der Waals surface area contributed by atoms with Crippen molar-refractivity contribution in [1.82, 2.24) is 25.1 Å². The molecule has 1 amide bonds. The molecule has 1 saturated heterocycles.